The van der Waals surface area contributed by atoms with Gasteiger partial charge in [0.15, 0.2) is 5.11 Å². The second-order valence-electron chi connectivity index (χ2n) is 7.10. The maximum Gasteiger partial charge on any atom is 0.193 e. The summed E-state index contributed by atoms with van der Waals surface area (Å²) in [5, 5.41) is 4.99. The van der Waals surface area contributed by atoms with Crippen molar-refractivity contribution >= 4 is 33.9 Å². The predicted octanol–water partition coefficient (Wildman–Crippen LogP) is 5.78. The Labute approximate surface area is 173 Å². The molecule has 0 amide bonds. The van der Waals surface area contributed by atoms with Crippen LogP contribution >= 0.6 is 12.2 Å². The van der Waals surface area contributed by atoms with Gasteiger partial charge in [0.2, 0.25) is 0 Å². The summed E-state index contributed by atoms with van der Waals surface area (Å²) in [6, 6.07) is 25.0. The van der Waals surface area contributed by atoms with Crippen LogP contribution in [0.25, 0.3) is 22.2 Å². The van der Waals surface area contributed by atoms with Crippen molar-refractivity contribution in [2.45, 2.75) is 12.5 Å². The average Bonchev–Trinajstić information content (AvgIpc) is 3.14. The minimum absolute atomic E-state index is 0.0357. The molecule has 1 aliphatic rings. The SMILES string of the molecule is Fc1ccc(C2=NC(=S)NC(c3c(-c4ccccc4)[nH]c4ccccc34)C2)cc1. The van der Waals surface area contributed by atoms with Gasteiger partial charge in [-0.05, 0) is 41.5 Å². The molecule has 1 aromatic heterocycles. The first-order chi connectivity index (χ1) is 14.2. The van der Waals surface area contributed by atoms with E-state index in [0.29, 0.717) is 11.5 Å². The number of nitrogens with one attached hydrogen (secondary N) is 2. The van der Waals surface area contributed by atoms with E-state index < -0.39 is 0 Å². The van der Waals surface area contributed by atoms with Crippen molar-refractivity contribution in [3.05, 3.63) is 95.8 Å². The molecule has 0 saturated heterocycles. The van der Waals surface area contributed by atoms with Gasteiger partial charge in [0.1, 0.15) is 5.82 Å². The zero-order chi connectivity index (χ0) is 19.8. The Morgan fingerprint density at radius 1 is 0.862 bits per heavy atom. The fraction of sp³-hybridized carbons (Fsp3) is 0.0833. The molecule has 0 spiro atoms. The molecule has 1 atom stereocenters. The van der Waals surface area contributed by atoms with Crippen LogP contribution in [0.4, 0.5) is 4.39 Å². The third kappa shape index (κ3) is 3.34. The number of aromatic amines is 1. The van der Waals surface area contributed by atoms with E-state index in [2.05, 4.69) is 39.6 Å². The van der Waals surface area contributed by atoms with E-state index in [9.17, 15) is 4.39 Å². The molecule has 142 valence electrons. The van der Waals surface area contributed by atoms with Crippen molar-refractivity contribution < 1.29 is 4.39 Å². The van der Waals surface area contributed by atoms with E-state index >= 15 is 0 Å². The maximum absolute atomic E-state index is 13.4. The van der Waals surface area contributed by atoms with Crippen LogP contribution in [0, 0.1) is 5.82 Å². The van der Waals surface area contributed by atoms with Crippen molar-refractivity contribution in [3.63, 3.8) is 0 Å². The Kier molecular flexibility index (Phi) is 4.45. The molecule has 3 nitrogen and oxygen atoms in total. The molecule has 29 heavy (non-hydrogen) atoms. The summed E-state index contributed by atoms with van der Waals surface area (Å²) >= 11 is 5.46. The Hall–Kier alpha value is -3.31. The van der Waals surface area contributed by atoms with Gasteiger partial charge in [-0.1, -0.05) is 60.7 Å². The quantitative estimate of drug-likeness (QED) is 0.429. The first kappa shape index (κ1) is 17.8. The number of rotatable bonds is 3. The van der Waals surface area contributed by atoms with E-state index in [1.54, 1.807) is 12.1 Å². The highest BCUT2D eigenvalue weighted by Gasteiger charge is 2.27. The molecule has 0 radical (unpaired) electrons. The van der Waals surface area contributed by atoms with Crippen LogP contribution in [-0.4, -0.2) is 15.8 Å². The summed E-state index contributed by atoms with van der Waals surface area (Å²) in [5.74, 6) is -0.259. The van der Waals surface area contributed by atoms with Gasteiger partial charge in [-0.3, -0.25) is 0 Å². The van der Waals surface area contributed by atoms with Crippen molar-refractivity contribution in [2.75, 3.05) is 0 Å². The lowest BCUT2D eigenvalue weighted by molar-refractivity contribution is 0.627. The Balaban J connectivity index is 1.63. The first-order valence-electron chi connectivity index (χ1n) is 9.49. The van der Waals surface area contributed by atoms with Crippen molar-refractivity contribution in [3.8, 4) is 11.3 Å². The molecular formula is C24H18FN3S. The zero-order valence-electron chi connectivity index (χ0n) is 15.5. The smallest absolute Gasteiger partial charge is 0.193 e. The van der Waals surface area contributed by atoms with Crippen LogP contribution in [-0.2, 0) is 0 Å². The van der Waals surface area contributed by atoms with Gasteiger partial charge in [-0.25, -0.2) is 9.38 Å². The molecule has 0 bridgehead atoms. The lowest BCUT2D eigenvalue weighted by Crippen LogP contribution is -2.33. The molecule has 1 aliphatic heterocycles. The van der Waals surface area contributed by atoms with E-state index in [1.165, 1.54) is 17.7 Å². The van der Waals surface area contributed by atoms with Crippen LogP contribution in [0.1, 0.15) is 23.6 Å². The minimum Gasteiger partial charge on any atom is -0.354 e. The third-order valence-electron chi connectivity index (χ3n) is 5.27. The molecule has 3 aromatic carbocycles. The average molecular weight is 399 g/mol. The van der Waals surface area contributed by atoms with Crippen LogP contribution < -0.4 is 5.32 Å². The molecule has 5 rings (SSSR count). The number of halogens is 1. The van der Waals surface area contributed by atoms with Crippen molar-refractivity contribution in [1.29, 1.82) is 0 Å². The molecule has 4 aromatic rings. The normalized spacial score (nSPS) is 16.5. The van der Waals surface area contributed by atoms with Gasteiger partial charge in [0.05, 0.1) is 17.4 Å². The largest absolute Gasteiger partial charge is 0.354 e. The second kappa shape index (κ2) is 7.26. The molecule has 2 N–H and O–H groups in total. The number of para-hydroxylation sites is 1. The van der Waals surface area contributed by atoms with Crippen LogP contribution in [0.2, 0.25) is 0 Å². The first-order valence-corrected chi connectivity index (χ1v) is 9.90. The summed E-state index contributed by atoms with van der Waals surface area (Å²) < 4.78 is 13.4. The molecular weight excluding hydrogens is 381 g/mol. The lowest BCUT2D eigenvalue weighted by Gasteiger charge is -2.26. The number of aromatic nitrogens is 1. The van der Waals surface area contributed by atoms with Gasteiger partial charge < -0.3 is 10.3 Å². The summed E-state index contributed by atoms with van der Waals surface area (Å²) in [6.45, 7) is 0. The van der Waals surface area contributed by atoms with E-state index in [1.807, 2.05) is 30.3 Å². The predicted molar refractivity (Wildman–Crippen MR) is 120 cm³/mol. The highest BCUT2D eigenvalue weighted by Crippen LogP contribution is 2.37. The molecule has 0 fully saturated rings. The topological polar surface area (TPSA) is 40.2 Å². The number of aliphatic imine (C=N–C) groups is 1. The van der Waals surface area contributed by atoms with E-state index in [4.69, 9.17) is 12.2 Å². The molecule has 0 aliphatic carbocycles. The highest BCUT2D eigenvalue weighted by molar-refractivity contribution is 7.80. The number of nitrogens with zero attached hydrogens (tertiary/aromatic N) is 1. The maximum atomic E-state index is 13.4. The number of hydrogen-bond donors (Lipinski definition) is 2. The molecule has 1 unspecified atom stereocenters. The molecule has 5 heteroatoms. The molecule has 0 saturated carbocycles. The van der Waals surface area contributed by atoms with Gasteiger partial charge in [-0.15, -0.1) is 0 Å². The van der Waals surface area contributed by atoms with Crippen LogP contribution in [0.5, 0.6) is 0 Å². The zero-order valence-corrected chi connectivity index (χ0v) is 16.3. The number of benzene rings is 3. The number of fused-ring (bicyclic) bond motifs is 1. The highest BCUT2D eigenvalue weighted by atomic mass is 32.1. The van der Waals surface area contributed by atoms with Crippen LogP contribution in [0.3, 0.4) is 0 Å². The second-order valence-corrected chi connectivity index (χ2v) is 7.48. The van der Waals surface area contributed by atoms with Gasteiger partial charge >= 0.3 is 0 Å². The Morgan fingerprint density at radius 2 is 1.59 bits per heavy atom. The summed E-state index contributed by atoms with van der Waals surface area (Å²) in [4.78, 5) is 8.11. The van der Waals surface area contributed by atoms with Crippen LogP contribution in [0.15, 0.2) is 83.9 Å². The number of thiocarbonyl (C=S) groups is 1. The Morgan fingerprint density at radius 3 is 2.38 bits per heavy atom. The monoisotopic (exact) mass is 399 g/mol. The number of H-pyrrole nitrogens is 1. The minimum atomic E-state index is -0.259. The fourth-order valence-corrected chi connectivity index (χ4v) is 4.20. The standard InChI is InChI=1S/C24H18FN3S/c25-17-12-10-15(11-13-17)20-14-21(28-24(29)27-20)22-18-8-4-5-9-19(18)26-23(22)16-6-2-1-3-7-16/h1-13,21,26H,14H2,(H,28,29). The van der Waals surface area contributed by atoms with Gasteiger partial charge in [0, 0.05) is 22.9 Å². The van der Waals surface area contributed by atoms with E-state index in [0.717, 1.165) is 33.4 Å². The van der Waals surface area contributed by atoms with Crippen molar-refractivity contribution in [1.82, 2.24) is 10.3 Å². The summed E-state index contributed by atoms with van der Waals surface area (Å²) in [5.41, 5.74) is 6.21. The van der Waals surface area contributed by atoms with Gasteiger partial charge in [0.25, 0.3) is 0 Å². The summed E-state index contributed by atoms with van der Waals surface area (Å²) in [7, 11) is 0. The van der Waals surface area contributed by atoms with Crippen molar-refractivity contribution in [2.24, 2.45) is 4.99 Å². The summed E-state index contributed by atoms with van der Waals surface area (Å²) in [6.07, 6.45) is 0.660. The van der Waals surface area contributed by atoms with Gasteiger partial charge in [-0.2, -0.15) is 0 Å². The third-order valence-corrected chi connectivity index (χ3v) is 5.48. The fourth-order valence-electron chi connectivity index (χ4n) is 3.95. The Bertz CT molecular complexity index is 1230. The van der Waals surface area contributed by atoms with E-state index in [-0.39, 0.29) is 11.9 Å². The molecule has 2 heterocycles. The number of hydrogen-bond acceptors (Lipinski definition) is 1. The lowest BCUT2D eigenvalue weighted by atomic mass is 9.92.